The van der Waals surface area contributed by atoms with E-state index >= 15 is 0 Å². The number of benzene rings is 1. The van der Waals surface area contributed by atoms with Crippen LogP contribution in [-0.4, -0.2) is 64.7 Å². The summed E-state index contributed by atoms with van der Waals surface area (Å²) in [6, 6.07) is 5.31. The zero-order chi connectivity index (χ0) is 15.4. The highest BCUT2D eigenvalue weighted by molar-refractivity contribution is 5.97. The number of aliphatic hydroxyl groups excluding tert-OH is 1. The third kappa shape index (κ3) is 3.54. The Morgan fingerprint density at radius 1 is 1.29 bits per heavy atom. The minimum atomic E-state index is -0.121. The molecule has 0 aromatic heterocycles. The molecule has 5 nitrogen and oxygen atoms in total. The van der Waals surface area contributed by atoms with E-state index in [0.717, 1.165) is 25.1 Å². The number of aliphatic hydroxyl groups is 1. The molecular weight excluding hydrogens is 268 g/mol. The van der Waals surface area contributed by atoms with Gasteiger partial charge in [-0.2, -0.15) is 0 Å². The van der Waals surface area contributed by atoms with E-state index in [-0.39, 0.29) is 24.3 Å². The molecule has 2 N–H and O–H groups in total. The zero-order valence-corrected chi connectivity index (χ0v) is 12.7. The molecule has 2 rings (SSSR count). The summed E-state index contributed by atoms with van der Waals surface area (Å²) in [6.45, 7) is 6.87. The molecule has 1 aromatic carbocycles. The summed E-state index contributed by atoms with van der Waals surface area (Å²) in [4.78, 5) is 16.4. The van der Waals surface area contributed by atoms with Gasteiger partial charge < -0.3 is 15.1 Å². The van der Waals surface area contributed by atoms with Crippen molar-refractivity contribution in [3.8, 4) is 5.75 Å². The quantitative estimate of drug-likeness (QED) is 0.876. The summed E-state index contributed by atoms with van der Waals surface area (Å²) >= 11 is 0. The SMILES string of the molecule is CCC(CO)N1CCN(C(=O)c2ccc(C)cc2O)CC1. The van der Waals surface area contributed by atoms with Crippen molar-refractivity contribution >= 4 is 5.91 Å². The van der Waals surface area contributed by atoms with Gasteiger partial charge in [0.05, 0.1) is 12.2 Å². The third-order valence-electron chi connectivity index (χ3n) is 4.18. The third-order valence-corrected chi connectivity index (χ3v) is 4.18. The number of aryl methyl sites for hydroxylation is 1. The average molecular weight is 292 g/mol. The van der Waals surface area contributed by atoms with Crippen LogP contribution in [-0.2, 0) is 0 Å². The monoisotopic (exact) mass is 292 g/mol. The van der Waals surface area contributed by atoms with Crippen molar-refractivity contribution in [1.82, 2.24) is 9.80 Å². The van der Waals surface area contributed by atoms with Crippen molar-refractivity contribution in [2.75, 3.05) is 32.8 Å². The molecule has 1 aliphatic rings. The van der Waals surface area contributed by atoms with Gasteiger partial charge in [0.2, 0.25) is 0 Å². The van der Waals surface area contributed by atoms with E-state index in [2.05, 4.69) is 11.8 Å². The van der Waals surface area contributed by atoms with Crippen molar-refractivity contribution in [1.29, 1.82) is 0 Å². The first-order chi connectivity index (χ1) is 10.1. The Labute approximate surface area is 125 Å². The summed E-state index contributed by atoms with van der Waals surface area (Å²) in [7, 11) is 0. The minimum absolute atomic E-state index is 0.0456. The standard InChI is InChI=1S/C16H24N2O3/c1-3-13(11-19)17-6-8-18(9-7-17)16(21)14-5-4-12(2)10-15(14)20/h4-5,10,13,19-20H,3,6-9,11H2,1-2H3. The molecule has 1 aliphatic heterocycles. The van der Waals surface area contributed by atoms with E-state index in [1.54, 1.807) is 17.0 Å². The number of carbonyl (C=O) groups excluding carboxylic acids is 1. The first-order valence-corrected chi connectivity index (χ1v) is 7.50. The van der Waals surface area contributed by atoms with Crippen molar-refractivity contribution in [2.45, 2.75) is 26.3 Å². The second kappa shape index (κ2) is 6.91. The molecule has 1 unspecified atom stereocenters. The van der Waals surface area contributed by atoms with Crippen LogP contribution in [0.4, 0.5) is 0 Å². The molecule has 5 heteroatoms. The maximum Gasteiger partial charge on any atom is 0.257 e. The van der Waals surface area contributed by atoms with E-state index in [1.165, 1.54) is 0 Å². The van der Waals surface area contributed by atoms with Gasteiger partial charge in [0.1, 0.15) is 5.75 Å². The number of phenolic OH excluding ortho intramolecular Hbond substituents is 1. The van der Waals surface area contributed by atoms with E-state index in [0.29, 0.717) is 18.7 Å². The summed E-state index contributed by atoms with van der Waals surface area (Å²) in [6.07, 6.45) is 0.906. The maximum atomic E-state index is 12.4. The zero-order valence-electron chi connectivity index (χ0n) is 12.7. The number of piperazine rings is 1. The molecule has 0 aliphatic carbocycles. The first-order valence-electron chi connectivity index (χ1n) is 7.50. The normalized spacial score (nSPS) is 17.8. The number of hydrogen-bond acceptors (Lipinski definition) is 4. The second-order valence-electron chi connectivity index (χ2n) is 5.59. The van der Waals surface area contributed by atoms with Crippen LogP contribution >= 0.6 is 0 Å². The van der Waals surface area contributed by atoms with Crippen LogP contribution in [0.1, 0.15) is 29.3 Å². The van der Waals surface area contributed by atoms with Crippen molar-refractivity contribution < 1.29 is 15.0 Å². The van der Waals surface area contributed by atoms with Crippen LogP contribution in [0, 0.1) is 6.92 Å². The molecule has 1 aromatic rings. The van der Waals surface area contributed by atoms with Gasteiger partial charge in [-0.3, -0.25) is 9.69 Å². The van der Waals surface area contributed by atoms with Gasteiger partial charge in [-0.1, -0.05) is 13.0 Å². The molecule has 1 atom stereocenters. The predicted molar refractivity (Wildman–Crippen MR) is 81.5 cm³/mol. The van der Waals surface area contributed by atoms with E-state index in [9.17, 15) is 15.0 Å². The number of amides is 1. The van der Waals surface area contributed by atoms with Crippen molar-refractivity contribution in [3.63, 3.8) is 0 Å². The molecule has 0 bridgehead atoms. The second-order valence-corrected chi connectivity index (χ2v) is 5.59. The Morgan fingerprint density at radius 2 is 1.95 bits per heavy atom. The van der Waals surface area contributed by atoms with Gasteiger partial charge in [-0.15, -0.1) is 0 Å². The van der Waals surface area contributed by atoms with Gasteiger partial charge >= 0.3 is 0 Å². The molecule has 0 radical (unpaired) electrons. The molecule has 21 heavy (non-hydrogen) atoms. The van der Waals surface area contributed by atoms with Crippen molar-refractivity contribution in [3.05, 3.63) is 29.3 Å². The van der Waals surface area contributed by atoms with E-state index < -0.39 is 0 Å². The number of rotatable bonds is 4. The van der Waals surface area contributed by atoms with Crippen LogP contribution in [0.3, 0.4) is 0 Å². The van der Waals surface area contributed by atoms with Gasteiger partial charge in [0.15, 0.2) is 0 Å². The highest BCUT2D eigenvalue weighted by atomic mass is 16.3. The molecule has 1 amide bonds. The largest absolute Gasteiger partial charge is 0.507 e. The number of nitrogens with zero attached hydrogens (tertiary/aromatic N) is 2. The molecular formula is C16H24N2O3. The summed E-state index contributed by atoms with van der Waals surface area (Å²) in [5.74, 6) is -0.0755. The molecule has 0 saturated carbocycles. The van der Waals surface area contributed by atoms with E-state index in [4.69, 9.17) is 0 Å². The van der Waals surface area contributed by atoms with Crippen LogP contribution in [0.15, 0.2) is 18.2 Å². The summed E-state index contributed by atoms with van der Waals surface area (Å²) < 4.78 is 0. The fourth-order valence-corrected chi connectivity index (χ4v) is 2.79. The average Bonchev–Trinajstić information content (AvgIpc) is 2.48. The molecule has 0 spiro atoms. The number of phenols is 1. The van der Waals surface area contributed by atoms with Gasteiger partial charge in [0, 0.05) is 32.2 Å². The highest BCUT2D eigenvalue weighted by Gasteiger charge is 2.26. The molecule has 1 saturated heterocycles. The van der Waals surface area contributed by atoms with Gasteiger partial charge in [-0.25, -0.2) is 0 Å². The van der Waals surface area contributed by atoms with Crippen LogP contribution < -0.4 is 0 Å². The fourth-order valence-electron chi connectivity index (χ4n) is 2.79. The summed E-state index contributed by atoms with van der Waals surface area (Å²) in [5.41, 5.74) is 1.30. The Kier molecular flexibility index (Phi) is 5.20. The predicted octanol–water partition coefficient (Wildman–Crippen LogP) is 1.23. The molecule has 116 valence electrons. The topological polar surface area (TPSA) is 64.0 Å². The fraction of sp³-hybridized carbons (Fsp3) is 0.562. The Morgan fingerprint density at radius 3 is 2.48 bits per heavy atom. The number of hydrogen-bond donors (Lipinski definition) is 2. The summed E-state index contributed by atoms with van der Waals surface area (Å²) in [5, 5.41) is 19.3. The lowest BCUT2D eigenvalue weighted by atomic mass is 10.1. The Balaban J connectivity index is 2.00. The Hall–Kier alpha value is -1.59. The highest BCUT2D eigenvalue weighted by Crippen LogP contribution is 2.21. The lowest BCUT2D eigenvalue weighted by Crippen LogP contribution is -2.52. The van der Waals surface area contributed by atoms with Crippen LogP contribution in [0.5, 0.6) is 5.75 Å². The van der Waals surface area contributed by atoms with Crippen molar-refractivity contribution in [2.24, 2.45) is 0 Å². The smallest absolute Gasteiger partial charge is 0.257 e. The lowest BCUT2D eigenvalue weighted by molar-refractivity contribution is 0.0470. The maximum absolute atomic E-state index is 12.4. The van der Waals surface area contributed by atoms with Crippen LogP contribution in [0.25, 0.3) is 0 Å². The van der Waals surface area contributed by atoms with Crippen LogP contribution in [0.2, 0.25) is 0 Å². The minimum Gasteiger partial charge on any atom is -0.507 e. The van der Waals surface area contributed by atoms with E-state index in [1.807, 2.05) is 13.0 Å². The van der Waals surface area contributed by atoms with Gasteiger partial charge in [0.25, 0.3) is 5.91 Å². The molecule has 1 heterocycles. The lowest BCUT2D eigenvalue weighted by Gasteiger charge is -2.38. The number of aromatic hydroxyl groups is 1. The van der Waals surface area contributed by atoms with Gasteiger partial charge in [-0.05, 0) is 31.0 Å². The first kappa shape index (κ1) is 15.8. The molecule has 1 fully saturated rings. The number of carbonyl (C=O) groups is 1. The Bertz CT molecular complexity index is 492.